The van der Waals surface area contributed by atoms with Crippen LogP contribution in [0.1, 0.15) is 44.6 Å². The predicted octanol–water partition coefficient (Wildman–Crippen LogP) is 3.33. The molecule has 1 aliphatic rings. The molecule has 0 aromatic heterocycles. The third-order valence-electron chi connectivity index (χ3n) is 3.77. The molecule has 0 saturated carbocycles. The Bertz CT molecular complexity index is 404. The molecule has 1 atom stereocenters. The molecular formula is C16H25NO2. The molecule has 0 bridgehead atoms. The summed E-state index contributed by atoms with van der Waals surface area (Å²) in [5.74, 6) is 2.97. The van der Waals surface area contributed by atoms with E-state index in [-0.39, 0.29) is 0 Å². The van der Waals surface area contributed by atoms with Crippen molar-refractivity contribution in [1.29, 1.82) is 0 Å². The fraction of sp³-hybridized carbons (Fsp3) is 0.625. The third kappa shape index (κ3) is 3.63. The average molecular weight is 263 g/mol. The molecule has 0 spiro atoms. The molecule has 1 aliphatic heterocycles. The van der Waals surface area contributed by atoms with Gasteiger partial charge in [0.05, 0.1) is 0 Å². The molecule has 0 aliphatic carbocycles. The van der Waals surface area contributed by atoms with Crippen molar-refractivity contribution in [1.82, 2.24) is 0 Å². The SMILES string of the molecule is CC(C)C(CCCCN)c1ccc2c(c1)OCCO2. The predicted molar refractivity (Wildman–Crippen MR) is 77.9 cm³/mol. The molecule has 2 N–H and O–H groups in total. The van der Waals surface area contributed by atoms with Crippen LogP contribution >= 0.6 is 0 Å². The molecule has 1 unspecified atom stereocenters. The molecule has 1 aromatic rings. The van der Waals surface area contributed by atoms with E-state index in [1.54, 1.807) is 0 Å². The lowest BCUT2D eigenvalue weighted by Crippen LogP contribution is -2.16. The van der Waals surface area contributed by atoms with Gasteiger partial charge in [-0.25, -0.2) is 0 Å². The quantitative estimate of drug-likeness (QED) is 0.801. The number of unbranched alkanes of at least 4 members (excludes halogenated alkanes) is 1. The van der Waals surface area contributed by atoms with E-state index < -0.39 is 0 Å². The largest absolute Gasteiger partial charge is 0.486 e. The summed E-state index contributed by atoms with van der Waals surface area (Å²) in [5, 5.41) is 0. The summed E-state index contributed by atoms with van der Waals surface area (Å²) < 4.78 is 11.3. The summed E-state index contributed by atoms with van der Waals surface area (Å²) in [6.45, 7) is 6.65. The van der Waals surface area contributed by atoms with Crippen LogP contribution in [0.2, 0.25) is 0 Å². The highest BCUT2D eigenvalue weighted by molar-refractivity contribution is 5.44. The van der Waals surface area contributed by atoms with Crippen LogP contribution < -0.4 is 15.2 Å². The minimum Gasteiger partial charge on any atom is -0.486 e. The topological polar surface area (TPSA) is 44.5 Å². The Morgan fingerprint density at radius 2 is 1.84 bits per heavy atom. The van der Waals surface area contributed by atoms with E-state index in [1.807, 2.05) is 6.07 Å². The first kappa shape index (κ1) is 14.2. The van der Waals surface area contributed by atoms with Gasteiger partial charge < -0.3 is 15.2 Å². The summed E-state index contributed by atoms with van der Waals surface area (Å²) in [4.78, 5) is 0. The molecule has 3 heteroatoms. The van der Waals surface area contributed by atoms with Crippen LogP contribution in [0.25, 0.3) is 0 Å². The van der Waals surface area contributed by atoms with Crippen molar-refractivity contribution in [2.45, 2.75) is 39.0 Å². The molecule has 0 saturated heterocycles. The van der Waals surface area contributed by atoms with Gasteiger partial charge in [-0.1, -0.05) is 26.3 Å². The van der Waals surface area contributed by atoms with Gasteiger partial charge in [-0.05, 0) is 48.9 Å². The van der Waals surface area contributed by atoms with Crippen molar-refractivity contribution >= 4 is 0 Å². The summed E-state index contributed by atoms with van der Waals surface area (Å²) in [6, 6.07) is 6.38. The van der Waals surface area contributed by atoms with Crippen LogP contribution in [0.3, 0.4) is 0 Å². The highest BCUT2D eigenvalue weighted by Crippen LogP contribution is 2.37. The van der Waals surface area contributed by atoms with Gasteiger partial charge in [0.15, 0.2) is 11.5 Å². The molecule has 1 aromatic carbocycles. The number of rotatable bonds is 6. The minimum atomic E-state index is 0.572. The second-order valence-corrected chi connectivity index (χ2v) is 5.54. The Morgan fingerprint density at radius 1 is 1.11 bits per heavy atom. The van der Waals surface area contributed by atoms with E-state index in [1.165, 1.54) is 18.4 Å². The van der Waals surface area contributed by atoms with Crippen LogP contribution in [0.15, 0.2) is 18.2 Å². The molecule has 19 heavy (non-hydrogen) atoms. The van der Waals surface area contributed by atoms with Crippen LogP contribution in [0, 0.1) is 5.92 Å². The molecule has 0 fully saturated rings. The van der Waals surface area contributed by atoms with E-state index >= 15 is 0 Å². The number of fused-ring (bicyclic) bond motifs is 1. The van der Waals surface area contributed by atoms with Gasteiger partial charge in [-0.3, -0.25) is 0 Å². The van der Waals surface area contributed by atoms with Crippen molar-refractivity contribution in [2.24, 2.45) is 11.7 Å². The van der Waals surface area contributed by atoms with Gasteiger partial charge in [-0.15, -0.1) is 0 Å². The lowest BCUT2D eigenvalue weighted by molar-refractivity contribution is 0.171. The van der Waals surface area contributed by atoms with E-state index in [4.69, 9.17) is 15.2 Å². The number of hydrogen-bond donors (Lipinski definition) is 1. The third-order valence-corrected chi connectivity index (χ3v) is 3.77. The first-order chi connectivity index (χ1) is 9.22. The van der Waals surface area contributed by atoms with Crippen LogP contribution in [-0.2, 0) is 0 Å². The van der Waals surface area contributed by atoms with Crippen molar-refractivity contribution in [3.63, 3.8) is 0 Å². The Morgan fingerprint density at radius 3 is 2.53 bits per heavy atom. The van der Waals surface area contributed by atoms with E-state index in [0.717, 1.165) is 24.5 Å². The highest BCUT2D eigenvalue weighted by Gasteiger charge is 2.19. The summed E-state index contributed by atoms with van der Waals surface area (Å²) in [7, 11) is 0. The number of nitrogens with two attached hydrogens (primary N) is 1. The second-order valence-electron chi connectivity index (χ2n) is 5.54. The fourth-order valence-electron chi connectivity index (χ4n) is 2.68. The fourth-order valence-corrected chi connectivity index (χ4v) is 2.68. The zero-order chi connectivity index (χ0) is 13.7. The van der Waals surface area contributed by atoms with Gasteiger partial charge in [0.25, 0.3) is 0 Å². The van der Waals surface area contributed by atoms with Gasteiger partial charge in [0.2, 0.25) is 0 Å². The zero-order valence-electron chi connectivity index (χ0n) is 12.0. The summed E-state index contributed by atoms with van der Waals surface area (Å²) in [5.41, 5.74) is 6.94. The number of ether oxygens (including phenoxy) is 2. The van der Waals surface area contributed by atoms with Gasteiger partial charge >= 0.3 is 0 Å². The molecule has 106 valence electrons. The minimum absolute atomic E-state index is 0.572. The van der Waals surface area contributed by atoms with Crippen molar-refractivity contribution in [3.8, 4) is 11.5 Å². The smallest absolute Gasteiger partial charge is 0.161 e. The van der Waals surface area contributed by atoms with Crippen molar-refractivity contribution < 1.29 is 9.47 Å². The summed E-state index contributed by atoms with van der Waals surface area (Å²) in [6.07, 6.45) is 3.48. The normalized spacial score (nSPS) is 15.6. The molecule has 2 rings (SSSR count). The Hall–Kier alpha value is -1.22. The van der Waals surface area contributed by atoms with Crippen LogP contribution in [0.4, 0.5) is 0 Å². The molecular weight excluding hydrogens is 238 g/mol. The van der Waals surface area contributed by atoms with Gasteiger partial charge in [0, 0.05) is 0 Å². The monoisotopic (exact) mass is 263 g/mol. The Balaban J connectivity index is 2.12. The lowest BCUT2D eigenvalue weighted by atomic mass is 9.84. The molecule has 3 nitrogen and oxygen atoms in total. The average Bonchev–Trinajstić information content (AvgIpc) is 2.43. The Kier molecular flexibility index (Phi) is 5.08. The number of benzene rings is 1. The first-order valence-corrected chi connectivity index (χ1v) is 7.32. The molecule has 1 heterocycles. The second kappa shape index (κ2) is 6.80. The van der Waals surface area contributed by atoms with Crippen LogP contribution in [-0.4, -0.2) is 19.8 Å². The molecule has 0 radical (unpaired) electrons. The maximum atomic E-state index is 5.67. The van der Waals surface area contributed by atoms with Crippen molar-refractivity contribution in [3.05, 3.63) is 23.8 Å². The standard InChI is InChI=1S/C16H25NO2/c1-12(2)14(5-3-4-8-17)13-6-7-15-16(11-13)19-10-9-18-15/h6-7,11-12,14H,3-5,8-10,17H2,1-2H3. The van der Waals surface area contributed by atoms with E-state index in [0.29, 0.717) is 25.0 Å². The van der Waals surface area contributed by atoms with Gasteiger partial charge in [-0.2, -0.15) is 0 Å². The van der Waals surface area contributed by atoms with Crippen LogP contribution in [0.5, 0.6) is 11.5 Å². The Labute approximate surface area is 116 Å². The number of hydrogen-bond acceptors (Lipinski definition) is 3. The first-order valence-electron chi connectivity index (χ1n) is 7.32. The van der Waals surface area contributed by atoms with Gasteiger partial charge in [0.1, 0.15) is 13.2 Å². The maximum Gasteiger partial charge on any atom is 0.161 e. The highest BCUT2D eigenvalue weighted by atomic mass is 16.6. The van der Waals surface area contributed by atoms with Crippen molar-refractivity contribution in [2.75, 3.05) is 19.8 Å². The zero-order valence-corrected chi connectivity index (χ0v) is 12.0. The summed E-state index contributed by atoms with van der Waals surface area (Å²) >= 11 is 0. The molecule has 0 amide bonds. The van der Waals surface area contributed by atoms with E-state index in [9.17, 15) is 0 Å². The van der Waals surface area contributed by atoms with E-state index in [2.05, 4.69) is 26.0 Å². The maximum absolute atomic E-state index is 5.67. The lowest BCUT2D eigenvalue weighted by Gasteiger charge is -2.24.